The first-order valence-corrected chi connectivity index (χ1v) is 9.60. The van der Waals surface area contributed by atoms with Crippen molar-refractivity contribution in [3.63, 3.8) is 0 Å². The van der Waals surface area contributed by atoms with Crippen molar-refractivity contribution in [2.45, 2.75) is 25.7 Å². The molecule has 4 aromatic rings. The number of nitrogens with one attached hydrogen (secondary N) is 2. The summed E-state index contributed by atoms with van der Waals surface area (Å²) in [7, 11) is 0. The van der Waals surface area contributed by atoms with Crippen LogP contribution in [0.5, 0.6) is 0 Å². The van der Waals surface area contributed by atoms with Gasteiger partial charge in [-0.25, -0.2) is 14.4 Å². The molecule has 0 atom stereocenters. The number of rotatable bonds is 4. The lowest BCUT2D eigenvalue weighted by molar-refractivity contribution is 0.102. The first kappa shape index (κ1) is 17.6. The van der Waals surface area contributed by atoms with Gasteiger partial charge < -0.3 is 10.3 Å². The Morgan fingerprint density at radius 2 is 2.03 bits per heavy atom. The van der Waals surface area contributed by atoms with Gasteiger partial charge in [0.1, 0.15) is 11.6 Å². The number of amides is 1. The van der Waals surface area contributed by atoms with Gasteiger partial charge in [0.15, 0.2) is 0 Å². The molecule has 2 aromatic heterocycles. The molecule has 1 amide bonds. The molecule has 0 aliphatic heterocycles. The number of carbonyl (C=O) groups excluding carboxylic acids is 1. The van der Waals surface area contributed by atoms with Gasteiger partial charge in [0.25, 0.3) is 5.91 Å². The van der Waals surface area contributed by atoms with Gasteiger partial charge >= 0.3 is 0 Å². The highest BCUT2D eigenvalue weighted by atomic mass is 19.1. The third-order valence-corrected chi connectivity index (χ3v) is 5.37. The van der Waals surface area contributed by atoms with Crippen LogP contribution in [0.2, 0.25) is 0 Å². The molecule has 1 fully saturated rings. The number of anilines is 1. The minimum atomic E-state index is -0.494. The fourth-order valence-corrected chi connectivity index (χ4v) is 3.72. The molecular formula is C23H19FN4O. The number of aryl methyl sites for hydroxylation is 1. The van der Waals surface area contributed by atoms with Crippen LogP contribution in [0.4, 0.5) is 10.2 Å². The molecule has 2 heterocycles. The molecule has 2 aromatic carbocycles. The summed E-state index contributed by atoms with van der Waals surface area (Å²) in [6.07, 6.45) is 5.37. The molecule has 1 aliphatic rings. The molecule has 5 nitrogen and oxygen atoms in total. The molecule has 1 aliphatic carbocycles. The summed E-state index contributed by atoms with van der Waals surface area (Å²) in [6, 6.07) is 12.5. The highest BCUT2D eigenvalue weighted by Gasteiger charge is 2.29. The Balaban J connectivity index is 1.41. The molecule has 0 radical (unpaired) electrons. The van der Waals surface area contributed by atoms with E-state index >= 15 is 0 Å². The Hall–Kier alpha value is -3.54. The van der Waals surface area contributed by atoms with Crippen LogP contribution in [0.3, 0.4) is 0 Å². The maximum Gasteiger partial charge on any atom is 0.260 e. The second-order valence-electron chi connectivity index (χ2n) is 7.45. The molecule has 0 spiro atoms. The smallest absolute Gasteiger partial charge is 0.260 e. The SMILES string of the molecule is Cc1cc2[nH]cnc2cc1-c1ccc(NC(=O)c2c(F)cccc2C2CC2)nc1. The number of hydrogen-bond acceptors (Lipinski definition) is 3. The fraction of sp³-hybridized carbons (Fsp3) is 0.174. The van der Waals surface area contributed by atoms with Crippen molar-refractivity contribution < 1.29 is 9.18 Å². The predicted octanol–water partition coefficient (Wildman–Crippen LogP) is 5.20. The number of benzene rings is 2. The van der Waals surface area contributed by atoms with Crippen LogP contribution in [0.1, 0.15) is 40.2 Å². The molecule has 6 heteroatoms. The van der Waals surface area contributed by atoms with Crippen molar-refractivity contribution in [3.05, 3.63) is 77.5 Å². The van der Waals surface area contributed by atoms with Gasteiger partial charge in [0.2, 0.25) is 0 Å². The highest BCUT2D eigenvalue weighted by Crippen LogP contribution is 2.42. The zero-order chi connectivity index (χ0) is 20.0. The Bertz CT molecular complexity index is 1230. The Labute approximate surface area is 167 Å². The van der Waals surface area contributed by atoms with E-state index < -0.39 is 11.7 Å². The summed E-state index contributed by atoms with van der Waals surface area (Å²) >= 11 is 0. The second-order valence-corrected chi connectivity index (χ2v) is 7.45. The molecule has 0 unspecified atom stereocenters. The number of aromatic nitrogens is 3. The number of pyridine rings is 1. The van der Waals surface area contributed by atoms with Gasteiger partial charge in [-0.3, -0.25) is 4.79 Å². The average molecular weight is 386 g/mol. The lowest BCUT2D eigenvalue weighted by Crippen LogP contribution is -2.16. The first-order valence-electron chi connectivity index (χ1n) is 9.60. The summed E-state index contributed by atoms with van der Waals surface area (Å²) in [6.45, 7) is 2.03. The molecule has 2 N–H and O–H groups in total. The maximum absolute atomic E-state index is 14.3. The third-order valence-electron chi connectivity index (χ3n) is 5.37. The predicted molar refractivity (Wildman–Crippen MR) is 110 cm³/mol. The number of aromatic amines is 1. The third kappa shape index (κ3) is 3.27. The van der Waals surface area contributed by atoms with Gasteiger partial charge in [-0.15, -0.1) is 0 Å². The van der Waals surface area contributed by atoms with E-state index in [2.05, 4.69) is 20.3 Å². The molecule has 144 valence electrons. The van der Waals surface area contributed by atoms with Crippen LogP contribution in [0, 0.1) is 12.7 Å². The van der Waals surface area contributed by atoms with Crippen LogP contribution in [-0.2, 0) is 0 Å². The second kappa shape index (κ2) is 6.81. The van der Waals surface area contributed by atoms with Crippen LogP contribution in [0.25, 0.3) is 22.2 Å². The van der Waals surface area contributed by atoms with Gasteiger partial charge in [0.05, 0.1) is 22.9 Å². The number of halogens is 1. The van der Waals surface area contributed by atoms with Crippen molar-refractivity contribution in [2.75, 3.05) is 5.32 Å². The Morgan fingerprint density at radius 1 is 1.17 bits per heavy atom. The summed E-state index contributed by atoms with van der Waals surface area (Å²) in [5.41, 5.74) is 5.83. The van der Waals surface area contributed by atoms with E-state index in [1.165, 1.54) is 6.07 Å². The molecule has 0 saturated heterocycles. The van der Waals surface area contributed by atoms with Crippen molar-refractivity contribution in [1.82, 2.24) is 15.0 Å². The van der Waals surface area contributed by atoms with Gasteiger partial charge in [-0.05, 0) is 72.7 Å². The fourth-order valence-electron chi connectivity index (χ4n) is 3.72. The van der Waals surface area contributed by atoms with E-state index in [-0.39, 0.29) is 11.5 Å². The number of fused-ring (bicyclic) bond motifs is 1. The zero-order valence-electron chi connectivity index (χ0n) is 15.9. The number of imidazole rings is 1. The van der Waals surface area contributed by atoms with E-state index in [1.807, 2.05) is 31.2 Å². The van der Waals surface area contributed by atoms with E-state index in [9.17, 15) is 9.18 Å². The molecule has 0 bridgehead atoms. The number of nitrogens with zero attached hydrogens (tertiary/aromatic N) is 2. The van der Waals surface area contributed by atoms with Gasteiger partial charge in [-0.2, -0.15) is 0 Å². The lowest BCUT2D eigenvalue weighted by atomic mass is 10.0. The first-order chi connectivity index (χ1) is 14.1. The minimum absolute atomic E-state index is 0.126. The molecule has 1 saturated carbocycles. The summed E-state index contributed by atoms with van der Waals surface area (Å²) in [5, 5.41) is 2.73. The Morgan fingerprint density at radius 3 is 2.79 bits per heavy atom. The molecule has 29 heavy (non-hydrogen) atoms. The highest BCUT2D eigenvalue weighted by molar-refractivity contribution is 6.05. The summed E-state index contributed by atoms with van der Waals surface area (Å²) in [4.78, 5) is 24.5. The summed E-state index contributed by atoms with van der Waals surface area (Å²) < 4.78 is 14.3. The van der Waals surface area contributed by atoms with Crippen LogP contribution < -0.4 is 5.32 Å². The monoisotopic (exact) mass is 386 g/mol. The van der Waals surface area contributed by atoms with Gasteiger partial charge in [-0.1, -0.05) is 12.1 Å². The number of carbonyl (C=O) groups is 1. The Kier molecular flexibility index (Phi) is 4.12. The van der Waals surface area contributed by atoms with Crippen molar-refractivity contribution in [3.8, 4) is 11.1 Å². The average Bonchev–Trinajstić information content (AvgIpc) is 3.46. The van der Waals surface area contributed by atoms with Crippen LogP contribution in [0.15, 0.2) is 55.0 Å². The van der Waals surface area contributed by atoms with Crippen molar-refractivity contribution in [1.29, 1.82) is 0 Å². The normalized spacial score (nSPS) is 13.6. The molecular weight excluding hydrogens is 367 g/mol. The van der Waals surface area contributed by atoms with E-state index in [4.69, 9.17) is 0 Å². The number of hydrogen-bond donors (Lipinski definition) is 2. The quantitative estimate of drug-likeness (QED) is 0.506. The van der Waals surface area contributed by atoms with E-state index in [0.717, 1.165) is 46.1 Å². The van der Waals surface area contributed by atoms with E-state index in [0.29, 0.717) is 5.82 Å². The zero-order valence-corrected chi connectivity index (χ0v) is 15.9. The largest absolute Gasteiger partial charge is 0.345 e. The lowest BCUT2D eigenvalue weighted by Gasteiger charge is -2.11. The topological polar surface area (TPSA) is 70.7 Å². The summed E-state index contributed by atoms with van der Waals surface area (Å²) in [5.74, 6) is -0.283. The van der Waals surface area contributed by atoms with Crippen LogP contribution in [-0.4, -0.2) is 20.9 Å². The standard InChI is InChI=1S/C23H19FN4O/c1-13-9-19-20(27-12-26-19)10-17(13)15-7-8-21(25-11-15)28-23(29)22-16(14-5-6-14)3-2-4-18(22)24/h2-4,7-12,14H,5-6H2,1H3,(H,26,27)(H,25,28,29). The van der Waals surface area contributed by atoms with Crippen molar-refractivity contribution >= 4 is 22.8 Å². The van der Waals surface area contributed by atoms with Crippen molar-refractivity contribution in [2.24, 2.45) is 0 Å². The maximum atomic E-state index is 14.3. The number of H-pyrrole nitrogens is 1. The molecule has 5 rings (SSSR count). The van der Waals surface area contributed by atoms with Gasteiger partial charge in [0, 0.05) is 11.8 Å². The van der Waals surface area contributed by atoms with Crippen LogP contribution >= 0.6 is 0 Å². The van der Waals surface area contributed by atoms with E-state index in [1.54, 1.807) is 24.7 Å². The minimum Gasteiger partial charge on any atom is -0.345 e.